The Balaban J connectivity index is 0.00000261. The lowest BCUT2D eigenvalue weighted by Gasteiger charge is -2.32. The van der Waals surface area contributed by atoms with Gasteiger partial charge < -0.3 is 15.2 Å². The summed E-state index contributed by atoms with van der Waals surface area (Å²) in [5.74, 6) is 1.98. The Morgan fingerprint density at radius 1 is 1.37 bits per heavy atom. The van der Waals surface area contributed by atoms with E-state index in [4.69, 9.17) is 4.52 Å². The highest BCUT2D eigenvalue weighted by atomic mass is 127. The summed E-state index contributed by atoms with van der Waals surface area (Å²) in [6, 6.07) is 4.70. The summed E-state index contributed by atoms with van der Waals surface area (Å²) in [5, 5.41) is 13.0. The number of hydrogen-bond acceptors (Lipinski definition) is 5. The van der Waals surface area contributed by atoms with Crippen LogP contribution in [0.4, 0.5) is 0 Å². The average Bonchev–Trinajstić information content (AvgIpc) is 3.30. The van der Waals surface area contributed by atoms with Crippen molar-refractivity contribution in [3.63, 3.8) is 0 Å². The third kappa shape index (κ3) is 5.92. The second kappa shape index (κ2) is 10.4. The summed E-state index contributed by atoms with van der Waals surface area (Å²) in [4.78, 5) is 8.38. The summed E-state index contributed by atoms with van der Waals surface area (Å²) in [7, 11) is 1.79. The largest absolute Gasteiger partial charge is 0.359 e. The highest BCUT2D eigenvalue weighted by molar-refractivity contribution is 14.0. The van der Waals surface area contributed by atoms with Crippen molar-refractivity contribution in [3.05, 3.63) is 39.4 Å². The molecule has 150 valence electrons. The van der Waals surface area contributed by atoms with Crippen LogP contribution in [0.3, 0.4) is 0 Å². The molecule has 1 unspecified atom stereocenters. The number of aliphatic imine (C=N–C) groups is 1. The average molecular weight is 503 g/mol. The molecular formula is C19H30IN5OS. The molecule has 0 saturated heterocycles. The Kier molecular flexibility index (Phi) is 8.56. The minimum atomic E-state index is 0. The Labute approximate surface area is 182 Å². The van der Waals surface area contributed by atoms with E-state index in [-0.39, 0.29) is 24.0 Å². The van der Waals surface area contributed by atoms with Crippen LogP contribution >= 0.6 is 35.3 Å². The second-order valence-electron chi connectivity index (χ2n) is 7.12. The van der Waals surface area contributed by atoms with Gasteiger partial charge in [-0.15, -0.1) is 35.3 Å². The topological polar surface area (TPSA) is 65.7 Å². The number of halogens is 1. The van der Waals surface area contributed by atoms with Gasteiger partial charge in [-0.05, 0) is 36.3 Å². The molecule has 8 heteroatoms. The molecule has 0 fully saturated rings. The van der Waals surface area contributed by atoms with Gasteiger partial charge in [0.2, 0.25) is 0 Å². The van der Waals surface area contributed by atoms with Gasteiger partial charge in [0.05, 0.1) is 12.2 Å². The lowest BCUT2D eigenvalue weighted by atomic mass is 10.1. The van der Waals surface area contributed by atoms with E-state index in [9.17, 15) is 0 Å². The highest BCUT2D eigenvalue weighted by Crippen LogP contribution is 2.24. The molecule has 1 aliphatic heterocycles. The van der Waals surface area contributed by atoms with E-state index in [1.165, 1.54) is 5.56 Å². The Morgan fingerprint density at radius 2 is 2.19 bits per heavy atom. The van der Waals surface area contributed by atoms with E-state index in [0.717, 1.165) is 43.5 Å². The summed E-state index contributed by atoms with van der Waals surface area (Å²) in [6.45, 7) is 10.1. The molecule has 0 saturated carbocycles. The zero-order chi connectivity index (χ0) is 18.5. The number of nitrogens with one attached hydrogen (secondary N) is 2. The fourth-order valence-corrected chi connectivity index (χ4v) is 3.99. The summed E-state index contributed by atoms with van der Waals surface area (Å²) in [5.41, 5.74) is 2.47. The lowest BCUT2D eigenvalue weighted by Crippen LogP contribution is -2.47. The number of hydrogen-bond donors (Lipinski definition) is 2. The molecule has 0 amide bonds. The van der Waals surface area contributed by atoms with E-state index in [0.29, 0.717) is 18.5 Å². The first-order valence-corrected chi connectivity index (χ1v) is 10.1. The van der Waals surface area contributed by atoms with E-state index >= 15 is 0 Å². The maximum absolute atomic E-state index is 5.36. The van der Waals surface area contributed by atoms with E-state index in [1.807, 2.05) is 17.4 Å². The van der Waals surface area contributed by atoms with Gasteiger partial charge in [0, 0.05) is 43.7 Å². The van der Waals surface area contributed by atoms with Gasteiger partial charge in [-0.25, -0.2) is 0 Å². The number of nitrogens with zero attached hydrogens (tertiary/aromatic N) is 3. The Morgan fingerprint density at radius 3 is 2.89 bits per heavy atom. The van der Waals surface area contributed by atoms with Gasteiger partial charge >= 0.3 is 0 Å². The molecule has 1 atom stereocenters. The van der Waals surface area contributed by atoms with Crippen molar-refractivity contribution in [3.8, 4) is 0 Å². The van der Waals surface area contributed by atoms with Crippen molar-refractivity contribution in [1.29, 1.82) is 0 Å². The maximum atomic E-state index is 5.36. The van der Waals surface area contributed by atoms with Crippen molar-refractivity contribution in [2.45, 2.75) is 52.2 Å². The van der Waals surface area contributed by atoms with Gasteiger partial charge in [-0.2, -0.15) is 0 Å². The number of guanidine groups is 1. The zero-order valence-corrected chi connectivity index (χ0v) is 19.6. The van der Waals surface area contributed by atoms with Crippen molar-refractivity contribution in [1.82, 2.24) is 20.7 Å². The van der Waals surface area contributed by atoms with Crippen LogP contribution in [0.5, 0.6) is 0 Å². The Bertz CT molecular complexity index is 742. The number of thiophene rings is 1. The van der Waals surface area contributed by atoms with Crippen LogP contribution in [0, 0.1) is 0 Å². The van der Waals surface area contributed by atoms with E-state index < -0.39 is 0 Å². The molecular weight excluding hydrogens is 473 g/mol. The van der Waals surface area contributed by atoms with Crippen molar-refractivity contribution in [2.24, 2.45) is 4.99 Å². The SMILES string of the molecule is CN=C(NCc1cc(C(C)C)no1)NCC(C)N1CCc2sccc2C1.I. The third-order valence-corrected chi connectivity index (χ3v) is 5.87. The fraction of sp³-hybridized carbons (Fsp3) is 0.579. The standard InChI is InChI=1S/C19H29N5OS.HI/c1-13(2)17-9-16(25-23-17)11-22-19(20-4)21-10-14(3)24-7-5-18-15(12-24)6-8-26-18;/h6,8-9,13-14H,5,7,10-12H2,1-4H3,(H2,20,21,22);1H. The van der Waals surface area contributed by atoms with Crippen molar-refractivity contribution < 1.29 is 4.52 Å². The molecule has 0 bridgehead atoms. The third-order valence-electron chi connectivity index (χ3n) is 4.85. The zero-order valence-electron chi connectivity index (χ0n) is 16.5. The molecule has 0 aromatic carbocycles. The maximum Gasteiger partial charge on any atom is 0.191 e. The Hall–Kier alpha value is -1.13. The van der Waals surface area contributed by atoms with Crippen LogP contribution in [-0.4, -0.2) is 42.2 Å². The van der Waals surface area contributed by atoms with Crippen LogP contribution < -0.4 is 10.6 Å². The molecule has 1 aliphatic rings. The van der Waals surface area contributed by atoms with E-state index in [2.05, 4.69) is 57.9 Å². The highest BCUT2D eigenvalue weighted by Gasteiger charge is 2.21. The van der Waals surface area contributed by atoms with Gasteiger partial charge in [0.25, 0.3) is 0 Å². The van der Waals surface area contributed by atoms with Gasteiger partial charge in [0.15, 0.2) is 11.7 Å². The summed E-state index contributed by atoms with van der Waals surface area (Å²) >= 11 is 1.88. The monoisotopic (exact) mass is 503 g/mol. The van der Waals surface area contributed by atoms with Crippen LogP contribution in [-0.2, 0) is 19.5 Å². The normalized spacial score (nSPS) is 16.0. The first-order valence-electron chi connectivity index (χ1n) is 9.26. The number of fused-ring (bicyclic) bond motifs is 1. The minimum Gasteiger partial charge on any atom is -0.359 e. The molecule has 2 aromatic heterocycles. The quantitative estimate of drug-likeness (QED) is 0.359. The molecule has 2 N–H and O–H groups in total. The predicted molar refractivity (Wildman–Crippen MR) is 122 cm³/mol. The van der Waals surface area contributed by atoms with E-state index in [1.54, 1.807) is 11.9 Å². The number of aromatic nitrogens is 1. The second-order valence-corrected chi connectivity index (χ2v) is 8.12. The molecule has 0 spiro atoms. The van der Waals surface area contributed by atoms with Crippen LogP contribution in [0.2, 0.25) is 0 Å². The lowest BCUT2D eigenvalue weighted by molar-refractivity contribution is 0.192. The van der Waals surface area contributed by atoms with Crippen LogP contribution in [0.25, 0.3) is 0 Å². The van der Waals surface area contributed by atoms with Gasteiger partial charge in [-0.3, -0.25) is 9.89 Å². The first-order chi connectivity index (χ1) is 12.6. The predicted octanol–water partition coefficient (Wildman–Crippen LogP) is 3.59. The molecule has 0 aliphatic carbocycles. The van der Waals surface area contributed by atoms with Crippen molar-refractivity contribution >= 4 is 41.3 Å². The fourth-order valence-electron chi connectivity index (χ4n) is 3.10. The summed E-state index contributed by atoms with van der Waals surface area (Å²) in [6.07, 6.45) is 1.16. The molecule has 0 radical (unpaired) electrons. The molecule has 2 aromatic rings. The molecule has 3 heterocycles. The number of rotatable bonds is 6. The molecule has 6 nitrogen and oxygen atoms in total. The smallest absolute Gasteiger partial charge is 0.191 e. The van der Waals surface area contributed by atoms with Crippen molar-refractivity contribution in [2.75, 3.05) is 20.1 Å². The minimum absolute atomic E-state index is 0. The molecule has 3 rings (SSSR count). The van der Waals surface area contributed by atoms with Crippen LogP contribution in [0.15, 0.2) is 27.0 Å². The summed E-state index contributed by atoms with van der Waals surface area (Å²) < 4.78 is 5.36. The molecule has 27 heavy (non-hydrogen) atoms. The first kappa shape index (κ1) is 22.2. The van der Waals surface area contributed by atoms with Gasteiger partial charge in [0.1, 0.15) is 0 Å². The van der Waals surface area contributed by atoms with Gasteiger partial charge in [-0.1, -0.05) is 19.0 Å². The van der Waals surface area contributed by atoms with Crippen LogP contribution in [0.1, 0.15) is 48.6 Å².